The molecule has 0 bridgehead atoms. The van der Waals surface area contributed by atoms with Gasteiger partial charge in [0.05, 0.1) is 16.7 Å². The lowest BCUT2D eigenvalue weighted by Gasteiger charge is -2.04. The Morgan fingerprint density at radius 2 is 1.90 bits per heavy atom. The molecular weight excluding hydrogens is 270 g/mol. The molecule has 0 aliphatic heterocycles. The van der Waals surface area contributed by atoms with Crippen LogP contribution in [0.25, 0.3) is 0 Å². The van der Waals surface area contributed by atoms with Gasteiger partial charge in [-0.15, -0.1) is 0 Å². The third kappa shape index (κ3) is 3.79. The van der Waals surface area contributed by atoms with E-state index in [1.807, 2.05) is 31.2 Å². The largest absolute Gasteiger partial charge is 0.398 e. The summed E-state index contributed by atoms with van der Waals surface area (Å²) in [4.78, 5) is 15.5. The number of nitro benzene ring substituents is 1. The number of aryl methyl sites for hydroxylation is 1. The second-order valence-corrected chi connectivity index (χ2v) is 4.65. The molecule has 0 aromatic heterocycles. The first-order chi connectivity index (χ1) is 9.95. The van der Waals surface area contributed by atoms with Crippen LogP contribution in [-0.4, -0.2) is 10.6 Å². The summed E-state index contributed by atoms with van der Waals surface area (Å²) in [6.07, 6.45) is 0. The van der Waals surface area contributed by atoms with Crippen molar-refractivity contribution in [3.63, 3.8) is 0 Å². The Kier molecular flexibility index (Phi) is 4.18. The van der Waals surface area contributed by atoms with Gasteiger partial charge in [0.1, 0.15) is 0 Å². The molecule has 0 unspecified atom stereocenters. The van der Waals surface area contributed by atoms with E-state index >= 15 is 0 Å². The van der Waals surface area contributed by atoms with Crippen molar-refractivity contribution < 1.29 is 9.76 Å². The van der Waals surface area contributed by atoms with E-state index in [-0.39, 0.29) is 17.1 Å². The fraction of sp³-hybridized carbons (Fsp3) is 0.133. The minimum atomic E-state index is -0.528. The van der Waals surface area contributed by atoms with E-state index in [1.54, 1.807) is 6.92 Å². The standard InChI is InChI=1S/C15H15N3O3/c1-10-3-5-12(6-4-10)11(2)17-21-15-8-13(16)7-14(9-15)18(19)20/h3-9H,16H2,1-2H3. The summed E-state index contributed by atoms with van der Waals surface area (Å²) in [6.45, 7) is 3.80. The summed E-state index contributed by atoms with van der Waals surface area (Å²) in [5.74, 6) is 0.230. The molecule has 0 heterocycles. The zero-order valence-electron chi connectivity index (χ0n) is 11.7. The molecule has 6 nitrogen and oxygen atoms in total. The van der Waals surface area contributed by atoms with Crippen LogP contribution in [0.15, 0.2) is 47.6 Å². The lowest BCUT2D eigenvalue weighted by molar-refractivity contribution is -0.384. The highest BCUT2D eigenvalue weighted by atomic mass is 16.6. The quantitative estimate of drug-likeness (QED) is 0.404. The first-order valence-corrected chi connectivity index (χ1v) is 6.29. The first-order valence-electron chi connectivity index (χ1n) is 6.29. The van der Waals surface area contributed by atoms with Crippen molar-refractivity contribution >= 4 is 17.1 Å². The summed E-state index contributed by atoms with van der Waals surface area (Å²) in [7, 11) is 0. The third-order valence-electron chi connectivity index (χ3n) is 2.88. The second-order valence-electron chi connectivity index (χ2n) is 4.65. The van der Waals surface area contributed by atoms with Gasteiger partial charge in [-0.3, -0.25) is 10.1 Å². The van der Waals surface area contributed by atoms with Gasteiger partial charge in [-0.05, 0) is 19.4 Å². The van der Waals surface area contributed by atoms with Crippen LogP contribution in [0.1, 0.15) is 18.1 Å². The Hall–Kier alpha value is -2.89. The minimum absolute atomic E-state index is 0.131. The number of nitrogens with two attached hydrogens (primary N) is 1. The molecule has 2 aromatic carbocycles. The van der Waals surface area contributed by atoms with Crippen molar-refractivity contribution in [2.45, 2.75) is 13.8 Å². The molecule has 0 aliphatic carbocycles. The van der Waals surface area contributed by atoms with E-state index in [0.29, 0.717) is 5.71 Å². The zero-order valence-corrected chi connectivity index (χ0v) is 11.7. The molecule has 0 amide bonds. The summed E-state index contributed by atoms with van der Waals surface area (Å²) in [6, 6.07) is 11.8. The lowest BCUT2D eigenvalue weighted by atomic mass is 10.1. The normalized spacial score (nSPS) is 11.2. The molecule has 0 radical (unpaired) electrons. The summed E-state index contributed by atoms with van der Waals surface area (Å²) in [5, 5.41) is 14.7. The number of benzene rings is 2. The van der Waals surface area contributed by atoms with Gasteiger partial charge in [0.25, 0.3) is 5.69 Å². The van der Waals surface area contributed by atoms with Crippen molar-refractivity contribution in [1.82, 2.24) is 0 Å². The van der Waals surface area contributed by atoms with Gasteiger partial charge in [-0.2, -0.15) is 0 Å². The maximum absolute atomic E-state index is 10.8. The Bertz CT molecular complexity index is 694. The average molecular weight is 285 g/mol. The van der Waals surface area contributed by atoms with Crippen molar-refractivity contribution in [3.8, 4) is 5.75 Å². The highest BCUT2D eigenvalue weighted by Crippen LogP contribution is 2.24. The average Bonchev–Trinajstić information content (AvgIpc) is 2.45. The van der Waals surface area contributed by atoms with Crippen LogP contribution in [-0.2, 0) is 0 Å². The van der Waals surface area contributed by atoms with E-state index in [2.05, 4.69) is 5.16 Å². The molecule has 0 atom stereocenters. The van der Waals surface area contributed by atoms with Crippen molar-refractivity contribution in [2.24, 2.45) is 5.16 Å². The van der Waals surface area contributed by atoms with E-state index < -0.39 is 4.92 Å². The molecule has 2 aromatic rings. The second kappa shape index (κ2) is 6.04. The van der Waals surface area contributed by atoms with Crippen LogP contribution in [0.4, 0.5) is 11.4 Å². The molecule has 0 saturated carbocycles. The lowest BCUT2D eigenvalue weighted by Crippen LogP contribution is -1.99. The highest BCUT2D eigenvalue weighted by Gasteiger charge is 2.09. The molecular formula is C15H15N3O3. The van der Waals surface area contributed by atoms with Gasteiger partial charge in [0.2, 0.25) is 0 Å². The van der Waals surface area contributed by atoms with Gasteiger partial charge in [-0.1, -0.05) is 35.0 Å². The number of hydrogen-bond acceptors (Lipinski definition) is 5. The maximum Gasteiger partial charge on any atom is 0.275 e. The molecule has 6 heteroatoms. The van der Waals surface area contributed by atoms with Crippen molar-refractivity contribution in [2.75, 3.05) is 5.73 Å². The molecule has 21 heavy (non-hydrogen) atoms. The van der Waals surface area contributed by atoms with E-state index in [9.17, 15) is 10.1 Å². The Morgan fingerprint density at radius 1 is 1.24 bits per heavy atom. The Labute approximate surface area is 122 Å². The highest BCUT2D eigenvalue weighted by molar-refractivity contribution is 5.98. The van der Waals surface area contributed by atoms with Gasteiger partial charge in [-0.25, -0.2) is 0 Å². The predicted octanol–water partition coefficient (Wildman–Crippen LogP) is 3.29. The summed E-state index contributed by atoms with van der Waals surface area (Å²) in [5.41, 5.74) is 8.45. The van der Waals surface area contributed by atoms with Gasteiger partial charge in [0.15, 0.2) is 5.75 Å². The summed E-state index contributed by atoms with van der Waals surface area (Å²) < 4.78 is 0. The number of nitro groups is 1. The van der Waals surface area contributed by atoms with Crippen molar-refractivity contribution in [1.29, 1.82) is 0 Å². The number of anilines is 1. The maximum atomic E-state index is 10.8. The molecule has 2 N–H and O–H groups in total. The van der Waals surface area contributed by atoms with Crippen LogP contribution < -0.4 is 10.6 Å². The number of nitrogens with zero attached hydrogens (tertiary/aromatic N) is 2. The van der Waals surface area contributed by atoms with Crippen LogP contribution in [0.5, 0.6) is 5.75 Å². The molecule has 2 rings (SSSR count). The molecule has 0 spiro atoms. The van der Waals surface area contributed by atoms with Crippen LogP contribution in [0.2, 0.25) is 0 Å². The molecule has 108 valence electrons. The minimum Gasteiger partial charge on any atom is -0.398 e. The smallest absolute Gasteiger partial charge is 0.275 e. The number of hydrogen-bond donors (Lipinski definition) is 1. The van der Waals surface area contributed by atoms with E-state index in [4.69, 9.17) is 10.6 Å². The van der Waals surface area contributed by atoms with Gasteiger partial charge in [0, 0.05) is 17.8 Å². The number of oxime groups is 1. The molecule has 0 aliphatic rings. The van der Waals surface area contributed by atoms with E-state index in [1.165, 1.54) is 18.2 Å². The molecule has 0 saturated heterocycles. The fourth-order valence-corrected chi connectivity index (χ4v) is 1.73. The van der Waals surface area contributed by atoms with Crippen LogP contribution >= 0.6 is 0 Å². The SMILES string of the molecule is CC(=NOc1cc(N)cc([N+](=O)[O-])c1)c1ccc(C)cc1. The number of non-ortho nitro benzene ring substituents is 1. The Balaban J connectivity index is 2.20. The van der Waals surface area contributed by atoms with Gasteiger partial charge < -0.3 is 10.6 Å². The third-order valence-corrected chi connectivity index (χ3v) is 2.88. The van der Waals surface area contributed by atoms with Crippen LogP contribution in [0, 0.1) is 17.0 Å². The number of nitrogen functional groups attached to an aromatic ring is 1. The predicted molar refractivity (Wildman–Crippen MR) is 81.5 cm³/mol. The summed E-state index contributed by atoms with van der Waals surface area (Å²) >= 11 is 0. The topological polar surface area (TPSA) is 90.8 Å². The molecule has 0 fully saturated rings. The van der Waals surface area contributed by atoms with Gasteiger partial charge >= 0.3 is 0 Å². The van der Waals surface area contributed by atoms with Crippen LogP contribution in [0.3, 0.4) is 0 Å². The monoisotopic (exact) mass is 285 g/mol. The Morgan fingerprint density at radius 3 is 2.52 bits per heavy atom. The van der Waals surface area contributed by atoms with E-state index in [0.717, 1.165) is 11.1 Å². The van der Waals surface area contributed by atoms with Crippen molar-refractivity contribution in [3.05, 3.63) is 63.7 Å². The fourth-order valence-electron chi connectivity index (χ4n) is 1.73. The zero-order chi connectivity index (χ0) is 15.4. The first kappa shape index (κ1) is 14.5. The number of rotatable bonds is 4.